The normalized spacial score (nSPS) is 14.3. The number of carbonyl (C=O) groups excluding carboxylic acids is 1. The lowest BCUT2D eigenvalue weighted by Crippen LogP contribution is -2.22. The molecule has 5 rings (SSSR count). The van der Waals surface area contributed by atoms with Gasteiger partial charge in [0.05, 0.1) is 22.3 Å². The van der Waals surface area contributed by atoms with Crippen molar-refractivity contribution in [2.75, 3.05) is 5.75 Å². The van der Waals surface area contributed by atoms with Crippen LogP contribution in [0, 0.1) is 13.8 Å². The van der Waals surface area contributed by atoms with Crippen LogP contribution in [0.1, 0.15) is 65.1 Å². The maximum Gasteiger partial charge on any atom is 0.266 e. The van der Waals surface area contributed by atoms with Crippen molar-refractivity contribution in [3.8, 4) is 5.69 Å². The molecule has 0 radical (unpaired) electrons. The number of hydrogen-bond acceptors (Lipinski definition) is 4. The average Bonchev–Trinajstić information content (AvgIpc) is 2.87. The largest absolute Gasteiger partial charge is 0.293 e. The molecule has 1 aliphatic carbocycles. The Kier molecular flexibility index (Phi) is 6.87. The Balaban J connectivity index is 1.43. The Morgan fingerprint density at radius 3 is 2.34 bits per heavy atom. The van der Waals surface area contributed by atoms with Crippen LogP contribution in [-0.4, -0.2) is 21.1 Å². The van der Waals surface area contributed by atoms with E-state index in [4.69, 9.17) is 4.98 Å². The van der Waals surface area contributed by atoms with Gasteiger partial charge in [-0.2, -0.15) is 0 Å². The summed E-state index contributed by atoms with van der Waals surface area (Å²) < 4.78 is 1.65. The number of hydrogen-bond donors (Lipinski definition) is 0. The van der Waals surface area contributed by atoms with Crippen LogP contribution in [0.15, 0.2) is 76.7 Å². The van der Waals surface area contributed by atoms with Crippen molar-refractivity contribution in [1.29, 1.82) is 0 Å². The van der Waals surface area contributed by atoms with Crippen LogP contribution >= 0.6 is 11.8 Å². The lowest BCUT2D eigenvalue weighted by Gasteiger charge is -2.22. The van der Waals surface area contributed by atoms with Crippen LogP contribution in [0.3, 0.4) is 0 Å². The molecular formula is C30H30N2O2S. The fourth-order valence-corrected chi connectivity index (χ4v) is 6.01. The molecule has 35 heavy (non-hydrogen) atoms. The van der Waals surface area contributed by atoms with Gasteiger partial charge in [-0.1, -0.05) is 73.5 Å². The maximum atomic E-state index is 13.5. The minimum atomic E-state index is -0.118. The third-order valence-electron chi connectivity index (χ3n) is 6.85. The fraction of sp³-hybridized carbons (Fsp3) is 0.300. The molecule has 0 atom stereocenters. The molecule has 0 amide bonds. The molecule has 1 aliphatic rings. The molecule has 0 aliphatic heterocycles. The SMILES string of the molecule is Cc1cc(C)cc(-n2c(SCC(=O)c3ccc(C4CCCCC4)cc3)nc3ccccc3c2=O)c1. The van der Waals surface area contributed by atoms with E-state index < -0.39 is 0 Å². The number of ketones is 1. The third kappa shape index (κ3) is 5.10. The van der Waals surface area contributed by atoms with Crippen molar-refractivity contribution in [3.63, 3.8) is 0 Å². The van der Waals surface area contributed by atoms with E-state index in [9.17, 15) is 9.59 Å². The third-order valence-corrected chi connectivity index (χ3v) is 7.79. The lowest BCUT2D eigenvalue weighted by atomic mass is 9.84. The first kappa shape index (κ1) is 23.6. The molecule has 0 spiro atoms. The monoisotopic (exact) mass is 482 g/mol. The van der Waals surface area contributed by atoms with Gasteiger partial charge in [-0.15, -0.1) is 0 Å². The van der Waals surface area contributed by atoms with Gasteiger partial charge < -0.3 is 0 Å². The summed E-state index contributed by atoms with van der Waals surface area (Å²) in [7, 11) is 0. The summed E-state index contributed by atoms with van der Waals surface area (Å²) in [4.78, 5) is 31.4. The standard InChI is InChI=1S/C30H30N2O2S/c1-20-16-21(2)18-25(17-20)32-29(34)26-10-6-7-11-27(26)31-30(32)35-19-28(33)24-14-12-23(13-15-24)22-8-4-3-5-9-22/h6-7,10-18,22H,3-5,8-9,19H2,1-2H3. The molecule has 3 aromatic carbocycles. The second kappa shape index (κ2) is 10.2. The Hall–Kier alpha value is -3.18. The highest BCUT2D eigenvalue weighted by atomic mass is 32.2. The number of aryl methyl sites for hydroxylation is 2. The van der Waals surface area contributed by atoms with Gasteiger partial charge in [0.15, 0.2) is 10.9 Å². The molecule has 1 fully saturated rings. The number of aromatic nitrogens is 2. The zero-order valence-corrected chi connectivity index (χ0v) is 21.1. The summed E-state index contributed by atoms with van der Waals surface area (Å²) in [6.07, 6.45) is 6.41. The summed E-state index contributed by atoms with van der Waals surface area (Å²) in [5.74, 6) is 0.883. The van der Waals surface area contributed by atoms with Crippen LogP contribution in [0.4, 0.5) is 0 Å². The van der Waals surface area contributed by atoms with Gasteiger partial charge >= 0.3 is 0 Å². The molecule has 1 saturated carbocycles. The van der Waals surface area contributed by atoms with Gasteiger partial charge in [0, 0.05) is 5.56 Å². The molecule has 4 aromatic rings. The van der Waals surface area contributed by atoms with Gasteiger partial charge in [0.2, 0.25) is 0 Å². The lowest BCUT2D eigenvalue weighted by molar-refractivity contribution is 0.102. The van der Waals surface area contributed by atoms with Gasteiger partial charge in [-0.25, -0.2) is 4.98 Å². The Morgan fingerprint density at radius 2 is 1.63 bits per heavy atom. The predicted octanol–water partition coefficient (Wildman–Crippen LogP) is 7.03. The van der Waals surface area contributed by atoms with Crippen LogP contribution < -0.4 is 5.56 Å². The van der Waals surface area contributed by atoms with E-state index >= 15 is 0 Å². The molecule has 0 unspecified atom stereocenters. The van der Waals surface area contributed by atoms with Crippen LogP contribution in [0.2, 0.25) is 0 Å². The zero-order chi connectivity index (χ0) is 24.4. The molecule has 0 bridgehead atoms. The smallest absolute Gasteiger partial charge is 0.266 e. The molecule has 1 aromatic heterocycles. The summed E-state index contributed by atoms with van der Waals surface area (Å²) in [5.41, 5.74) is 5.50. The predicted molar refractivity (Wildman–Crippen MR) is 144 cm³/mol. The van der Waals surface area contributed by atoms with Gasteiger partial charge in [0.1, 0.15) is 0 Å². The number of fused-ring (bicyclic) bond motifs is 1. The van der Waals surface area contributed by atoms with Crippen molar-refractivity contribution in [2.24, 2.45) is 0 Å². The highest BCUT2D eigenvalue weighted by Crippen LogP contribution is 2.32. The summed E-state index contributed by atoms with van der Waals surface area (Å²) in [6, 6.07) is 21.6. The van der Waals surface area contributed by atoms with E-state index in [0.717, 1.165) is 16.8 Å². The molecule has 178 valence electrons. The first-order chi connectivity index (χ1) is 17.0. The summed E-state index contributed by atoms with van der Waals surface area (Å²) >= 11 is 1.32. The number of nitrogens with zero attached hydrogens (tertiary/aromatic N) is 2. The Bertz CT molecular complexity index is 1410. The number of Topliss-reactive ketones (excluding diaryl/α,β-unsaturated/α-hetero) is 1. The fourth-order valence-electron chi connectivity index (χ4n) is 5.11. The van der Waals surface area contributed by atoms with E-state index in [1.807, 2.05) is 56.3 Å². The van der Waals surface area contributed by atoms with E-state index in [0.29, 0.717) is 27.5 Å². The number of carbonyl (C=O) groups is 1. The second-order valence-electron chi connectivity index (χ2n) is 9.57. The van der Waals surface area contributed by atoms with E-state index in [-0.39, 0.29) is 17.1 Å². The highest BCUT2D eigenvalue weighted by molar-refractivity contribution is 7.99. The van der Waals surface area contributed by atoms with Crippen LogP contribution in [0.25, 0.3) is 16.6 Å². The number of thioether (sulfide) groups is 1. The van der Waals surface area contributed by atoms with Crippen LogP contribution in [-0.2, 0) is 0 Å². The molecule has 4 nitrogen and oxygen atoms in total. The van der Waals surface area contributed by atoms with Gasteiger partial charge in [-0.3, -0.25) is 14.2 Å². The van der Waals surface area contributed by atoms with E-state index in [2.05, 4.69) is 18.2 Å². The molecular weight excluding hydrogens is 452 g/mol. The average molecular weight is 483 g/mol. The van der Waals surface area contributed by atoms with Crippen molar-refractivity contribution in [1.82, 2.24) is 9.55 Å². The highest BCUT2D eigenvalue weighted by Gasteiger charge is 2.18. The van der Waals surface area contributed by atoms with Gasteiger partial charge in [0.25, 0.3) is 5.56 Å². The first-order valence-electron chi connectivity index (χ1n) is 12.4. The minimum Gasteiger partial charge on any atom is -0.293 e. The van der Waals surface area contributed by atoms with Crippen molar-refractivity contribution in [3.05, 3.63) is 99.3 Å². The van der Waals surface area contributed by atoms with E-state index in [1.165, 1.54) is 49.4 Å². The molecule has 0 saturated heterocycles. The van der Waals surface area contributed by atoms with Crippen molar-refractivity contribution < 1.29 is 4.79 Å². The second-order valence-corrected chi connectivity index (χ2v) is 10.5. The van der Waals surface area contributed by atoms with Gasteiger partial charge in [-0.05, 0) is 73.6 Å². The Morgan fingerprint density at radius 1 is 0.943 bits per heavy atom. The number of para-hydroxylation sites is 1. The molecule has 1 heterocycles. The minimum absolute atomic E-state index is 0.0413. The van der Waals surface area contributed by atoms with Crippen LogP contribution in [0.5, 0.6) is 0 Å². The summed E-state index contributed by atoms with van der Waals surface area (Å²) in [6.45, 7) is 4.03. The topological polar surface area (TPSA) is 52.0 Å². The maximum absolute atomic E-state index is 13.5. The summed E-state index contributed by atoms with van der Waals surface area (Å²) in [5, 5.41) is 1.10. The first-order valence-corrected chi connectivity index (χ1v) is 13.3. The number of benzene rings is 3. The zero-order valence-electron chi connectivity index (χ0n) is 20.3. The van der Waals surface area contributed by atoms with Crippen molar-refractivity contribution in [2.45, 2.75) is 57.0 Å². The quantitative estimate of drug-likeness (QED) is 0.168. The van der Waals surface area contributed by atoms with E-state index in [1.54, 1.807) is 10.6 Å². The number of rotatable bonds is 6. The molecule has 0 N–H and O–H groups in total. The van der Waals surface area contributed by atoms with Crippen molar-refractivity contribution >= 4 is 28.4 Å². The molecule has 5 heteroatoms. The Labute approximate surface area is 210 Å².